The molecule has 0 spiro atoms. The van der Waals surface area contributed by atoms with Crippen LogP contribution >= 0.6 is 11.6 Å². The number of rotatable bonds is 4. The molecule has 0 aliphatic rings. The van der Waals surface area contributed by atoms with Gasteiger partial charge in [-0.1, -0.05) is 29.8 Å². The van der Waals surface area contributed by atoms with Gasteiger partial charge in [0.2, 0.25) is 0 Å². The summed E-state index contributed by atoms with van der Waals surface area (Å²) in [6.45, 7) is -0.0881. The molecule has 0 unspecified atom stereocenters. The highest BCUT2D eigenvalue weighted by molar-refractivity contribution is 6.30. The third-order valence-corrected chi connectivity index (χ3v) is 2.69. The van der Waals surface area contributed by atoms with Gasteiger partial charge in [0.1, 0.15) is 12.4 Å². The van der Waals surface area contributed by atoms with E-state index in [0.29, 0.717) is 5.56 Å². The molecule has 2 aromatic carbocycles. The second-order valence-electron chi connectivity index (χ2n) is 3.75. The molecule has 0 aromatic heterocycles. The van der Waals surface area contributed by atoms with Crippen LogP contribution in [0.25, 0.3) is 0 Å². The first kappa shape index (κ1) is 13.3. The van der Waals surface area contributed by atoms with Crippen molar-refractivity contribution in [3.05, 3.63) is 69.0 Å². The molecule has 0 bridgehead atoms. The number of hydrogen-bond acceptors (Lipinski definition) is 3. The number of halogens is 2. The Labute approximate surface area is 113 Å². The minimum Gasteiger partial charge on any atom is -0.482 e. The molecule has 6 heteroatoms. The smallest absolute Gasteiger partial charge is 0.312 e. The van der Waals surface area contributed by atoms with Gasteiger partial charge in [-0.05, 0) is 18.2 Å². The van der Waals surface area contributed by atoms with Crippen LogP contribution in [0, 0.1) is 15.9 Å². The second-order valence-corrected chi connectivity index (χ2v) is 4.19. The van der Waals surface area contributed by atoms with Crippen molar-refractivity contribution >= 4 is 17.3 Å². The van der Waals surface area contributed by atoms with Crippen LogP contribution in [0.1, 0.15) is 5.56 Å². The van der Waals surface area contributed by atoms with Crippen molar-refractivity contribution in [1.82, 2.24) is 0 Å². The maximum absolute atomic E-state index is 13.4. The van der Waals surface area contributed by atoms with E-state index in [2.05, 4.69) is 0 Å². The number of hydrogen-bond donors (Lipinski definition) is 0. The van der Waals surface area contributed by atoms with Crippen LogP contribution in [0.5, 0.6) is 5.75 Å². The van der Waals surface area contributed by atoms with Gasteiger partial charge in [-0.25, -0.2) is 4.39 Å². The molecular weight excluding hydrogens is 273 g/mol. The Morgan fingerprint density at radius 1 is 1.26 bits per heavy atom. The lowest BCUT2D eigenvalue weighted by molar-refractivity contribution is -0.385. The van der Waals surface area contributed by atoms with Crippen LogP contribution in [-0.2, 0) is 6.61 Å². The van der Waals surface area contributed by atoms with E-state index in [0.717, 1.165) is 0 Å². The molecule has 0 fully saturated rings. The molecule has 0 radical (unpaired) electrons. The van der Waals surface area contributed by atoms with E-state index in [4.69, 9.17) is 16.3 Å². The van der Waals surface area contributed by atoms with Crippen LogP contribution in [-0.4, -0.2) is 4.92 Å². The number of nitro benzene ring substituents is 1. The summed E-state index contributed by atoms with van der Waals surface area (Å²) in [7, 11) is 0. The molecule has 0 saturated heterocycles. The molecule has 4 nitrogen and oxygen atoms in total. The Morgan fingerprint density at radius 3 is 2.68 bits per heavy atom. The van der Waals surface area contributed by atoms with Gasteiger partial charge in [0.05, 0.1) is 4.92 Å². The van der Waals surface area contributed by atoms with E-state index < -0.39 is 10.7 Å². The van der Waals surface area contributed by atoms with Crippen LogP contribution < -0.4 is 4.74 Å². The highest BCUT2D eigenvalue weighted by Crippen LogP contribution is 2.30. The van der Waals surface area contributed by atoms with Crippen molar-refractivity contribution in [2.24, 2.45) is 0 Å². The minimum absolute atomic E-state index is 0.0534. The van der Waals surface area contributed by atoms with E-state index in [1.54, 1.807) is 18.2 Å². The second kappa shape index (κ2) is 5.67. The molecule has 0 N–H and O–H groups in total. The topological polar surface area (TPSA) is 52.4 Å². The molecular formula is C13H9ClFNO3. The summed E-state index contributed by atoms with van der Waals surface area (Å²) in [6.07, 6.45) is 0. The zero-order valence-corrected chi connectivity index (χ0v) is 10.4. The third kappa shape index (κ3) is 3.20. The molecule has 2 aromatic rings. The van der Waals surface area contributed by atoms with Gasteiger partial charge in [0.25, 0.3) is 0 Å². The van der Waals surface area contributed by atoms with Crippen LogP contribution in [0.4, 0.5) is 10.1 Å². The van der Waals surface area contributed by atoms with Crippen LogP contribution in [0.3, 0.4) is 0 Å². The molecule has 0 amide bonds. The first-order valence-corrected chi connectivity index (χ1v) is 5.76. The average molecular weight is 282 g/mol. The van der Waals surface area contributed by atoms with Crippen LogP contribution in [0.15, 0.2) is 42.5 Å². The molecule has 0 aliphatic heterocycles. The fourth-order valence-electron chi connectivity index (χ4n) is 1.53. The lowest BCUT2D eigenvalue weighted by Gasteiger charge is -2.07. The molecule has 2 rings (SSSR count). The largest absolute Gasteiger partial charge is 0.482 e. The third-order valence-electron chi connectivity index (χ3n) is 2.46. The summed E-state index contributed by atoms with van der Waals surface area (Å²) >= 11 is 5.68. The highest BCUT2D eigenvalue weighted by atomic mass is 35.5. The van der Waals surface area contributed by atoms with Gasteiger partial charge in [-0.2, -0.15) is 0 Å². The van der Waals surface area contributed by atoms with Crippen molar-refractivity contribution in [3.63, 3.8) is 0 Å². The van der Waals surface area contributed by atoms with Crippen molar-refractivity contribution in [3.8, 4) is 5.75 Å². The quantitative estimate of drug-likeness (QED) is 0.629. The maximum atomic E-state index is 13.4. The van der Waals surface area contributed by atoms with E-state index in [-0.39, 0.29) is 23.1 Å². The average Bonchev–Trinajstić information content (AvgIpc) is 2.38. The van der Waals surface area contributed by atoms with E-state index in [1.165, 1.54) is 24.3 Å². The standard InChI is InChI=1S/C13H9ClFNO3/c14-10-5-6-13(12(7-10)16(17)18)19-8-9-3-1-2-4-11(9)15/h1-7H,8H2. The predicted octanol–water partition coefficient (Wildman–Crippen LogP) is 3.97. The van der Waals surface area contributed by atoms with E-state index >= 15 is 0 Å². The summed E-state index contributed by atoms with van der Waals surface area (Å²) in [4.78, 5) is 10.3. The molecule has 98 valence electrons. The van der Waals surface area contributed by atoms with E-state index in [9.17, 15) is 14.5 Å². The summed E-state index contributed by atoms with van der Waals surface area (Å²) in [6, 6.07) is 10.1. The first-order chi connectivity index (χ1) is 9.08. The fraction of sp³-hybridized carbons (Fsp3) is 0.0769. The monoisotopic (exact) mass is 281 g/mol. The Bertz CT molecular complexity index is 619. The SMILES string of the molecule is O=[N+]([O-])c1cc(Cl)ccc1OCc1ccccc1F. The Kier molecular flexibility index (Phi) is 3.97. The summed E-state index contributed by atoms with van der Waals surface area (Å²) in [5, 5.41) is 11.1. The predicted molar refractivity (Wildman–Crippen MR) is 68.8 cm³/mol. The zero-order valence-electron chi connectivity index (χ0n) is 9.68. The van der Waals surface area contributed by atoms with Gasteiger partial charge >= 0.3 is 5.69 Å². The van der Waals surface area contributed by atoms with Gasteiger partial charge in [0, 0.05) is 16.7 Å². The van der Waals surface area contributed by atoms with Gasteiger partial charge in [-0.3, -0.25) is 10.1 Å². The number of nitrogens with zero attached hydrogens (tertiary/aromatic N) is 1. The van der Waals surface area contributed by atoms with Crippen molar-refractivity contribution in [2.75, 3.05) is 0 Å². The van der Waals surface area contributed by atoms with Crippen molar-refractivity contribution < 1.29 is 14.1 Å². The highest BCUT2D eigenvalue weighted by Gasteiger charge is 2.16. The van der Waals surface area contributed by atoms with Crippen molar-refractivity contribution in [1.29, 1.82) is 0 Å². The van der Waals surface area contributed by atoms with Gasteiger partial charge in [0.15, 0.2) is 5.75 Å². The Balaban J connectivity index is 2.20. The number of nitro groups is 1. The molecule has 0 heterocycles. The maximum Gasteiger partial charge on any atom is 0.312 e. The lowest BCUT2D eigenvalue weighted by atomic mass is 10.2. The normalized spacial score (nSPS) is 10.2. The molecule has 19 heavy (non-hydrogen) atoms. The molecule has 0 aliphatic carbocycles. The summed E-state index contributed by atoms with van der Waals surface area (Å²) in [5.41, 5.74) is 0.0792. The molecule has 0 atom stereocenters. The fourth-order valence-corrected chi connectivity index (χ4v) is 1.69. The lowest BCUT2D eigenvalue weighted by Crippen LogP contribution is -2.00. The first-order valence-electron chi connectivity index (χ1n) is 5.38. The van der Waals surface area contributed by atoms with Gasteiger partial charge in [-0.15, -0.1) is 0 Å². The van der Waals surface area contributed by atoms with Crippen LogP contribution in [0.2, 0.25) is 5.02 Å². The molecule has 0 saturated carbocycles. The number of benzene rings is 2. The Hall–Kier alpha value is -2.14. The van der Waals surface area contributed by atoms with Crippen molar-refractivity contribution in [2.45, 2.75) is 6.61 Å². The van der Waals surface area contributed by atoms with E-state index in [1.807, 2.05) is 0 Å². The Morgan fingerprint density at radius 2 is 2.00 bits per heavy atom. The number of ether oxygens (including phenoxy) is 1. The van der Waals surface area contributed by atoms with Gasteiger partial charge < -0.3 is 4.74 Å². The zero-order chi connectivity index (χ0) is 13.8. The summed E-state index contributed by atoms with van der Waals surface area (Å²) in [5.74, 6) is -0.364. The summed E-state index contributed by atoms with van der Waals surface area (Å²) < 4.78 is 18.7. The minimum atomic E-state index is -0.595.